The third-order valence-electron chi connectivity index (χ3n) is 6.00. The van der Waals surface area contributed by atoms with E-state index in [1.165, 1.54) is 0 Å². The second-order valence-corrected chi connectivity index (χ2v) is 9.41. The molecule has 1 atom stereocenters. The van der Waals surface area contributed by atoms with Gasteiger partial charge in [0.15, 0.2) is 0 Å². The molecule has 7 nitrogen and oxygen atoms in total. The first kappa shape index (κ1) is 24.3. The summed E-state index contributed by atoms with van der Waals surface area (Å²) in [4.78, 5) is 25.1. The minimum absolute atomic E-state index is 0.116. The largest absolute Gasteiger partial charge is 0.444 e. The Bertz CT molecular complexity index is 1150. The van der Waals surface area contributed by atoms with E-state index in [2.05, 4.69) is 35.1 Å². The van der Waals surface area contributed by atoms with E-state index < -0.39 is 6.09 Å². The molecule has 35 heavy (non-hydrogen) atoms. The number of carbonyl (C=O) groups is 2. The van der Waals surface area contributed by atoms with Crippen LogP contribution < -0.4 is 21.3 Å². The minimum Gasteiger partial charge on any atom is -0.444 e. The number of anilines is 3. The summed E-state index contributed by atoms with van der Waals surface area (Å²) in [6.07, 6.45) is 1.50. The fourth-order valence-electron chi connectivity index (χ4n) is 4.22. The monoisotopic (exact) mass is 472 g/mol. The van der Waals surface area contributed by atoms with E-state index in [1.54, 1.807) is 36.4 Å². The van der Waals surface area contributed by atoms with E-state index in [9.17, 15) is 9.59 Å². The van der Waals surface area contributed by atoms with E-state index in [0.717, 1.165) is 30.6 Å². The van der Waals surface area contributed by atoms with E-state index in [0.29, 0.717) is 23.0 Å². The van der Waals surface area contributed by atoms with Crippen LogP contribution in [0.3, 0.4) is 0 Å². The number of rotatable bonds is 7. The second-order valence-electron chi connectivity index (χ2n) is 9.41. The number of piperidine rings is 1. The fourth-order valence-corrected chi connectivity index (χ4v) is 4.22. The zero-order valence-electron chi connectivity index (χ0n) is 20.1. The van der Waals surface area contributed by atoms with Crippen molar-refractivity contribution in [2.45, 2.75) is 44.9 Å². The molecule has 4 rings (SSSR count). The normalized spacial score (nSPS) is 16.7. The summed E-state index contributed by atoms with van der Waals surface area (Å²) < 4.78 is 5.29. The van der Waals surface area contributed by atoms with Gasteiger partial charge in [0.2, 0.25) is 0 Å². The average Bonchev–Trinajstić information content (AvgIpc) is 2.84. The van der Waals surface area contributed by atoms with Gasteiger partial charge in [-0.05, 0) is 75.2 Å². The molecule has 0 spiro atoms. The van der Waals surface area contributed by atoms with Crippen molar-refractivity contribution >= 4 is 29.1 Å². The van der Waals surface area contributed by atoms with Crippen molar-refractivity contribution < 1.29 is 14.3 Å². The molecular formula is C28H32N4O3. The summed E-state index contributed by atoms with van der Waals surface area (Å²) in [6.45, 7) is 5.57. The molecule has 0 bridgehead atoms. The van der Waals surface area contributed by atoms with E-state index >= 15 is 0 Å². The van der Waals surface area contributed by atoms with Crippen molar-refractivity contribution in [3.63, 3.8) is 0 Å². The van der Waals surface area contributed by atoms with Gasteiger partial charge in [-0.3, -0.25) is 10.1 Å². The van der Waals surface area contributed by atoms with Crippen molar-refractivity contribution in [2.75, 3.05) is 22.5 Å². The Balaban J connectivity index is 1.33. The summed E-state index contributed by atoms with van der Waals surface area (Å²) >= 11 is 0. The van der Waals surface area contributed by atoms with Crippen LogP contribution in [0.5, 0.6) is 0 Å². The molecule has 0 radical (unpaired) electrons. The molecular weight excluding hydrogens is 440 g/mol. The Hall–Kier alpha value is -3.84. The number of amides is 2. The predicted octanol–water partition coefficient (Wildman–Crippen LogP) is 5.63. The van der Waals surface area contributed by atoms with Gasteiger partial charge in [-0.2, -0.15) is 0 Å². The summed E-state index contributed by atoms with van der Waals surface area (Å²) in [5, 5.41) is 12.7. The maximum Gasteiger partial charge on any atom is 0.412 e. The van der Waals surface area contributed by atoms with Crippen LogP contribution in [0.4, 0.5) is 21.9 Å². The molecule has 4 N–H and O–H groups in total. The predicted molar refractivity (Wildman–Crippen MR) is 140 cm³/mol. The smallest absolute Gasteiger partial charge is 0.412 e. The summed E-state index contributed by atoms with van der Waals surface area (Å²) in [5.74, 6) is -0.258. The number of ether oxygens (including phenoxy) is 1. The van der Waals surface area contributed by atoms with Crippen molar-refractivity contribution in [1.29, 1.82) is 0 Å². The summed E-state index contributed by atoms with van der Waals surface area (Å²) in [7, 11) is 0. The van der Waals surface area contributed by atoms with Gasteiger partial charge < -0.3 is 20.7 Å². The van der Waals surface area contributed by atoms with Gasteiger partial charge in [-0.1, -0.05) is 42.5 Å². The van der Waals surface area contributed by atoms with Gasteiger partial charge in [0.25, 0.3) is 5.91 Å². The molecule has 3 aromatic rings. The zero-order valence-corrected chi connectivity index (χ0v) is 20.1. The number of nitrogens with one attached hydrogen (secondary N) is 4. The molecule has 0 aromatic heterocycles. The van der Waals surface area contributed by atoms with Crippen LogP contribution in [0.2, 0.25) is 0 Å². The number of hydrogen-bond donors (Lipinski definition) is 4. The highest BCUT2D eigenvalue weighted by atomic mass is 16.5. The lowest BCUT2D eigenvalue weighted by molar-refractivity contribution is 0.102. The van der Waals surface area contributed by atoms with Gasteiger partial charge in [0.1, 0.15) is 6.61 Å². The van der Waals surface area contributed by atoms with Crippen LogP contribution in [0, 0.1) is 0 Å². The van der Waals surface area contributed by atoms with Crippen molar-refractivity contribution in [2.24, 2.45) is 0 Å². The fraction of sp³-hybridized carbons (Fsp3) is 0.286. The lowest BCUT2D eigenvalue weighted by Gasteiger charge is -2.37. The van der Waals surface area contributed by atoms with Crippen LogP contribution in [-0.4, -0.2) is 30.1 Å². The van der Waals surface area contributed by atoms with Crippen LogP contribution >= 0.6 is 0 Å². The standard InChI is InChI=1S/C28H32N4O3/c1-28(2)18-23(16-17-29-28)30-22-14-12-21(13-15-22)26(33)31-24-10-6-7-11-25(24)32-27(34)35-19-20-8-4-3-5-9-20/h3-15,23,29-30H,16-19H2,1-2H3,(H,31,33)(H,32,34). The van der Waals surface area contributed by atoms with E-state index in [1.807, 2.05) is 42.5 Å². The van der Waals surface area contributed by atoms with Crippen molar-refractivity contribution in [3.8, 4) is 0 Å². The highest BCUT2D eigenvalue weighted by Crippen LogP contribution is 2.24. The first-order valence-electron chi connectivity index (χ1n) is 11.9. The van der Waals surface area contributed by atoms with Crippen LogP contribution in [0.15, 0.2) is 78.9 Å². The number of benzene rings is 3. The molecule has 7 heteroatoms. The highest BCUT2D eigenvalue weighted by molar-refractivity contribution is 6.07. The molecule has 1 unspecified atom stereocenters. The number of para-hydroxylation sites is 2. The molecule has 182 valence electrons. The zero-order chi connectivity index (χ0) is 24.7. The highest BCUT2D eigenvalue weighted by Gasteiger charge is 2.27. The third-order valence-corrected chi connectivity index (χ3v) is 6.00. The van der Waals surface area contributed by atoms with Crippen molar-refractivity contribution in [1.82, 2.24) is 5.32 Å². The van der Waals surface area contributed by atoms with E-state index in [-0.39, 0.29) is 18.1 Å². The Kier molecular flexibility index (Phi) is 7.67. The first-order chi connectivity index (χ1) is 16.9. The van der Waals surface area contributed by atoms with Crippen LogP contribution in [0.1, 0.15) is 42.6 Å². The number of carbonyl (C=O) groups excluding carboxylic acids is 2. The Morgan fingerprint density at radius 3 is 2.26 bits per heavy atom. The third kappa shape index (κ3) is 7.07. The van der Waals surface area contributed by atoms with Gasteiger partial charge >= 0.3 is 6.09 Å². The molecule has 1 aliphatic rings. The minimum atomic E-state index is -0.591. The lowest BCUT2D eigenvalue weighted by Crippen LogP contribution is -2.49. The molecule has 3 aromatic carbocycles. The maximum atomic E-state index is 12.9. The molecule has 0 saturated carbocycles. The quantitative estimate of drug-likeness (QED) is 0.358. The molecule has 0 aliphatic carbocycles. The second kappa shape index (κ2) is 11.1. The molecule has 1 heterocycles. The molecule has 1 fully saturated rings. The lowest BCUT2D eigenvalue weighted by atomic mass is 9.89. The first-order valence-corrected chi connectivity index (χ1v) is 11.9. The van der Waals surface area contributed by atoms with Gasteiger partial charge in [-0.15, -0.1) is 0 Å². The molecule has 1 aliphatic heterocycles. The molecule has 2 amide bonds. The van der Waals surface area contributed by atoms with Gasteiger partial charge in [0, 0.05) is 22.8 Å². The SMILES string of the molecule is CC1(C)CC(Nc2ccc(C(=O)Nc3ccccc3NC(=O)OCc3ccccc3)cc2)CCN1. The number of hydrogen-bond acceptors (Lipinski definition) is 5. The van der Waals surface area contributed by atoms with Crippen LogP contribution in [0.25, 0.3) is 0 Å². The summed E-state index contributed by atoms with van der Waals surface area (Å²) in [6, 6.07) is 24.3. The summed E-state index contributed by atoms with van der Waals surface area (Å²) in [5.41, 5.74) is 3.49. The Morgan fingerprint density at radius 1 is 0.914 bits per heavy atom. The maximum absolute atomic E-state index is 12.9. The van der Waals surface area contributed by atoms with Gasteiger partial charge in [0.05, 0.1) is 11.4 Å². The van der Waals surface area contributed by atoms with Crippen LogP contribution in [-0.2, 0) is 11.3 Å². The van der Waals surface area contributed by atoms with Crippen molar-refractivity contribution in [3.05, 3.63) is 90.0 Å². The average molecular weight is 473 g/mol. The molecule has 1 saturated heterocycles. The Morgan fingerprint density at radius 2 is 1.57 bits per heavy atom. The van der Waals surface area contributed by atoms with E-state index in [4.69, 9.17) is 4.74 Å². The Labute approximate surface area is 206 Å². The van der Waals surface area contributed by atoms with Gasteiger partial charge in [-0.25, -0.2) is 4.79 Å². The topological polar surface area (TPSA) is 91.5 Å².